The minimum atomic E-state index is -0.538. The van der Waals surface area contributed by atoms with Crippen LogP contribution in [0.1, 0.15) is 27.2 Å². The lowest BCUT2D eigenvalue weighted by molar-refractivity contribution is -0.138. The van der Waals surface area contributed by atoms with E-state index in [1.165, 1.54) is 0 Å². The van der Waals surface area contributed by atoms with Crippen molar-refractivity contribution in [2.75, 3.05) is 26.3 Å². The van der Waals surface area contributed by atoms with Crippen LogP contribution in [-0.4, -0.2) is 48.8 Å². The predicted octanol–water partition coefficient (Wildman–Crippen LogP) is 1.33. The fourth-order valence-corrected chi connectivity index (χ4v) is 2.74. The Labute approximate surface area is 112 Å². The minimum Gasteiger partial charge on any atom is -0.444 e. The molecule has 0 bridgehead atoms. The van der Waals surface area contributed by atoms with Gasteiger partial charge in [-0.1, -0.05) is 0 Å². The zero-order chi connectivity index (χ0) is 14.3. The second-order valence-electron chi connectivity index (χ2n) is 6.53. The van der Waals surface area contributed by atoms with Crippen LogP contribution >= 0.6 is 0 Å². The number of alkyl halides is 1. The van der Waals surface area contributed by atoms with Crippen LogP contribution in [0.5, 0.6) is 0 Å². The van der Waals surface area contributed by atoms with Gasteiger partial charge >= 0.3 is 6.09 Å². The molecule has 2 heterocycles. The largest absolute Gasteiger partial charge is 0.444 e. The van der Waals surface area contributed by atoms with Gasteiger partial charge in [-0.2, -0.15) is 0 Å². The third kappa shape index (κ3) is 2.82. The standard InChI is InChI=1S/C13H21FN2O3/c1-12(2,3)19-11(18)16-7-13(8-16)4-10(17)15-6-9(13)5-14/h9H,4-8H2,1-3H3,(H,15,17). The van der Waals surface area contributed by atoms with E-state index < -0.39 is 17.7 Å². The average molecular weight is 272 g/mol. The van der Waals surface area contributed by atoms with E-state index in [1.54, 1.807) is 25.7 Å². The fourth-order valence-electron chi connectivity index (χ4n) is 2.74. The molecule has 2 saturated heterocycles. The summed E-state index contributed by atoms with van der Waals surface area (Å²) in [5.41, 5.74) is -0.933. The van der Waals surface area contributed by atoms with E-state index in [4.69, 9.17) is 4.74 Å². The molecule has 0 aliphatic carbocycles. The number of hydrogen-bond donors (Lipinski definition) is 1. The maximum Gasteiger partial charge on any atom is 0.410 e. The van der Waals surface area contributed by atoms with E-state index in [-0.39, 0.29) is 17.9 Å². The van der Waals surface area contributed by atoms with Gasteiger partial charge in [0.25, 0.3) is 0 Å². The van der Waals surface area contributed by atoms with Crippen molar-refractivity contribution in [3.63, 3.8) is 0 Å². The van der Waals surface area contributed by atoms with Crippen LogP contribution in [0.4, 0.5) is 9.18 Å². The van der Waals surface area contributed by atoms with Crippen LogP contribution < -0.4 is 5.32 Å². The third-order valence-corrected chi connectivity index (χ3v) is 3.77. The van der Waals surface area contributed by atoms with Crippen molar-refractivity contribution in [1.82, 2.24) is 10.2 Å². The summed E-state index contributed by atoms with van der Waals surface area (Å²) in [6.07, 6.45) is -0.0948. The Bertz CT molecular complexity index is 386. The first-order chi connectivity index (χ1) is 8.76. The second-order valence-corrected chi connectivity index (χ2v) is 6.53. The highest BCUT2D eigenvalue weighted by molar-refractivity contribution is 5.79. The molecule has 0 aromatic carbocycles. The number of likely N-dealkylation sites (tertiary alicyclic amines) is 1. The Balaban J connectivity index is 1.96. The molecule has 0 aromatic heterocycles. The van der Waals surface area contributed by atoms with Crippen LogP contribution in [0.15, 0.2) is 0 Å². The molecule has 2 aliphatic rings. The summed E-state index contributed by atoms with van der Waals surface area (Å²) in [6.45, 7) is 6.12. The molecule has 2 rings (SSSR count). The van der Waals surface area contributed by atoms with Crippen LogP contribution in [-0.2, 0) is 9.53 Å². The molecule has 2 amide bonds. The summed E-state index contributed by atoms with van der Waals surface area (Å²) in [5.74, 6) is -0.266. The Morgan fingerprint density at radius 1 is 1.53 bits per heavy atom. The van der Waals surface area contributed by atoms with Gasteiger partial charge in [-0.15, -0.1) is 0 Å². The summed E-state index contributed by atoms with van der Waals surface area (Å²) in [6, 6.07) is 0. The molecule has 0 aromatic rings. The van der Waals surface area contributed by atoms with Crippen LogP contribution in [0.3, 0.4) is 0 Å². The first-order valence-electron chi connectivity index (χ1n) is 6.56. The SMILES string of the molecule is CC(C)(C)OC(=O)N1CC2(CC(=O)NCC2CF)C1. The zero-order valence-electron chi connectivity index (χ0n) is 11.7. The van der Waals surface area contributed by atoms with E-state index in [1.807, 2.05) is 0 Å². The van der Waals surface area contributed by atoms with Crippen molar-refractivity contribution in [3.8, 4) is 0 Å². The number of nitrogens with zero attached hydrogens (tertiary/aromatic N) is 1. The van der Waals surface area contributed by atoms with Gasteiger partial charge in [0.05, 0.1) is 6.67 Å². The third-order valence-electron chi connectivity index (χ3n) is 3.77. The number of halogens is 1. The van der Waals surface area contributed by atoms with Crippen molar-refractivity contribution < 1.29 is 18.7 Å². The van der Waals surface area contributed by atoms with E-state index >= 15 is 0 Å². The number of rotatable bonds is 1. The lowest BCUT2D eigenvalue weighted by Crippen LogP contribution is -2.67. The van der Waals surface area contributed by atoms with Crippen LogP contribution in [0, 0.1) is 11.3 Å². The monoisotopic (exact) mass is 272 g/mol. The van der Waals surface area contributed by atoms with Crippen molar-refractivity contribution in [2.24, 2.45) is 11.3 Å². The normalized spacial score (nSPS) is 25.8. The molecular weight excluding hydrogens is 251 g/mol. The van der Waals surface area contributed by atoms with E-state index in [9.17, 15) is 14.0 Å². The maximum absolute atomic E-state index is 13.0. The van der Waals surface area contributed by atoms with Gasteiger partial charge in [-0.25, -0.2) is 4.79 Å². The number of amides is 2. The first kappa shape index (κ1) is 14.1. The second kappa shape index (κ2) is 4.65. The molecule has 1 spiro atoms. The van der Waals surface area contributed by atoms with Gasteiger partial charge in [0.15, 0.2) is 0 Å². The molecule has 1 atom stereocenters. The Hall–Kier alpha value is -1.33. The molecule has 0 radical (unpaired) electrons. The van der Waals surface area contributed by atoms with E-state index in [0.29, 0.717) is 26.1 Å². The molecule has 19 heavy (non-hydrogen) atoms. The summed E-state index contributed by atoms with van der Waals surface area (Å²) in [4.78, 5) is 24.9. The molecule has 2 aliphatic heterocycles. The highest BCUT2D eigenvalue weighted by Gasteiger charge is 2.54. The van der Waals surface area contributed by atoms with Crippen molar-refractivity contribution >= 4 is 12.0 Å². The predicted molar refractivity (Wildman–Crippen MR) is 67.3 cm³/mol. The van der Waals surface area contributed by atoms with Crippen LogP contribution in [0.2, 0.25) is 0 Å². The highest BCUT2D eigenvalue weighted by atomic mass is 19.1. The van der Waals surface area contributed by atoms with Crippen molar-refractivity contribution in [1.29, 1.82) is 0 Å². The summed E-state index contributed by atoms with van der Waals surface area (Å²) in [5, 5.41) is 2.68. The minimum absolute atomic E-state index is 0.0615. The number of piperidine rings is 1. The topological polar surface area (TPSA) is 58.6 Å². The number of ether oxygens (including phenoxy) is 1. The average Bonchev–Trinajstić information content (AvgIpc) is 2.23. The Morgan fingerprint density at radius 2 is 2.16 bits per heavy atom. The molecule has 108 valence electrons. The molecule has 1 N–H and O–H groups in total. The number of nitrogens with one attached hydrogen (secondary N) is 1. The number of carbonyl (C=O) groups is 2. The van der Waals surface area contributed by atoms with Gasteiger partial charge < -0.3 is 15.0 Å². The summed E-state index contributed by atoms with van der Waals surface area (Å²) < 4.78 is 18.3. The smallest absolute Gasteiger partial charge is 0.410 e. The zero-order valence-corrected chi connectivity index (χ0v) is 11.7. The fraction of sp³-hybridized carbons (Fsp3) is 0.846. The molecule has 0 saturated carbocycles. The Morgan fingerprint density at radius 3 is 2.68 bits per heavy atom. The molecule has 1 unspecified atom stereocenters. The van der Waals surface area contributed by atoms with Crippen molar-refractivity contribution in [2.45, 2.75) is 32.8 Å². The van der Waals surface area contributed by atoms with Gasteiger partial charge in [0.1, 0.15) is 5.60 Å². The molecule has 5 nitrogen and oxygen atoms in total. The number of carbonyl (C=O) groups excluding carboxylic acids is 2. The van der Waals surface area contributed by atoms with Gasteiger partial charge in [-0.3, -0.25) is 9.18 Å². The molecule has 6 heteroatoms. The van der Waals surface area contributed by atoms with Gasteiger partial charge in [-0.05, 0) is 20.8 Å². The lowest BCUT2D eigenvalue weighted by Gasteiger charge is -2.54. The molecular formula is C13H21FN2O3. The number of hydrogen-bond acceptors (Lipinski definition) is 3. The van der Waals surface area contributed by atoms with Gasteiger partial charge in [0.2, 0.25) is 5.91 Å². The van der Waals surface area contributed by atoms with Gasteiger partial charge in [0, 0.05) is 37.4 Å². The van der Waals surface area contributed by atoms with Crippen molar-refractivity contribution in [3.05, 3.63) is 0 Å². The molecule has 2 fully saturated rings. The lowest BCUT2D eigenvalue weighted by atomic mass is 9.65. The highest BCUT2D eigenvalue weighted by Crippen LogP contribution is 2.43. The Kier molecular flexibility index (Phi) is 3.45. The van der Waals surface area contributed by atoms with E-state index in [0.717, 1.165) is 0 Å². The summed E-state index contributed by atoms with van der Waals surface area (Å²) in [7, 11) is 0. The van der Waals surface area contributed by atoms with Crippen LogP contribution in [0.25, 0.3) is 0 Å². The first-order valence-corrected chi connectivity index (χ1v) is 6.56. The van der Waals surface area contributed by atoms with E-state index in [2.05, 4.69) is 5.32 Å². The summed E-state index contributed by atoms with van der Waals surface area (Å²) >= 11 is 0. The maximum atomic E-state index is 13.0. The quantitative estimate of drug-likeness (QED) is 0.783.